The maximum atomic E-state index is 4.52. The number of likely N-dealkylation sites (tertiary alicyclic amines) is 2. The van der Waals surface area contributed by atoms with Crippen LogP contribution in [0.15, 0.2) is 35.3 Å². The Hall–Kier alpha value is -1.55. The van der Waals surface area contributed by atoms with E-state index in [2.05, 4.69) is 57.4 Å². The highest BCUT2D eigenvalue weighted by Gasteiger charge is 2.25. The third kappa shape index (κ3) is 5.23. The zero-order valence-electron chi connectivity index (χ0n) is 16.7. The van der Waals surface area contributed by atoms with Crippen molar-refractivity contribution in [2.45, 2.75) is 57.4 Å². The summed E-state index contributed by atoms with van der Waals surface area (Å²) in [7, 11) is 1.91. The smallest absolute Gasteiger partial charge is 0.193 e. The highest BCUT2D eigenvalue weighted by atomic mass is 15.3. The Morgan fingerprint density at radius 3 is 2.73 bits per heavy atom. The Kier molecular flexibility index (Phi) is 7.36. The van der Waals surface area contributed by atoms with Crippen LogP contribution in [-0.2, 0) is 0 Å². The second kappa shape index (κ2) is 9.96. The molecule has 2 heterocycles. The Balaban J connectivity index is 1.36. The normalized spacial score (nSPS) is 24.8. The predicted molar refractivity (Wildman–Crippen MR) is 111 cm³/mol. The van der Waals surface area contributed by atoms with Crippen LogP contribution in [0.5, 0.6) is 0 Å². The molecule has 3 rings (SSSR count). The van der Waals surface area contributed by atoms with Gasteiger partial charge in [-0.25, -0.2) is 0 Å². The first-order chi connectivity index (χ1) is 12.8. The van der Waals surface area contributed by atoms with Crippen LogP contribution >= 0.6 is 0 Å². The van der Waals surface area contributed by atoms with Gasteiger partial charge in [-0.2, -0.15) is 0 Å². The lowest BCUT2D eigenvalue weighted by Crippen LogP contribution is -2.41. The summed E-state index contributed by atoms with van der Waals surface area (Å²) in [5, 5.41) is 3.59. The van der Waals surface area contributed by atoms with E-state index >= 15 is 0 Å². The van der Waals surface area contributed by atoms with E-state index in [-0.39, 0.29) is 0 Å². The van der Waals surface area contributed by atoms with Crippen molar-refractivity contribution in [1.29, 1.82) is 0 Å². The summed E-state index contributed by atoms with van der Waals surface area (Å²) in [4.78, 5) is 9.61. The highest BCUT2D eigenvalue weighted by Crippen LogP contribution is 2.26. The number of unbranched alkanes of at least 4 members (excludes halogenated alkanes) is 1. The molecule has 0 radical (unpaired) electrons. The van der Waals surface area contributed by atoms with Crippen LogP contribution in [0, 0.1) is 0 Å². The van der Waals surface area contributed by atoms with Gasteiger partial charge in [0.05, 0.1) is 0 Å². The molecular formula is C22H36N4. The summed E-state index contributed by atoms with van der Waals surface area (Å²) in [6.45, 7) is 8.14. The highest BCUT2D eigenvalue weighted by molar-refractivity contribution is 5.80. The number of nitrogens with zero attached hydrogens (tertiary/aromatic N) is 3. The van der Waals surface area contributed by atoms with Crippen LogP contribution in [0.4, 0.5) is 0 Å². The summed E-state index contributed by atoms with van der Waals surface area (Å²) in [5.41, 5.74) is 1.46. The fourth-order valence-electron chi connectivity index (χ4n) is 4.41. The number of guanidine groups is 1. The van der Waals surface area contributed by atoms with Crippen LogP contribution in [0.1, 0.15) is 56.9 Å². The number of rotatable bonds is 6. The van der Waals surface area contributed by atoms with Crippen molar-refractivity contribution in [3.63, 3.8) is 0 Å². The molecule has 2 fully saturated rings. The predicted octanol–water partition coefficient (Wildman–Crippen LogP) is 3.71. The van der Waals surface area contributed by atoms with E-state index < -0.39 is 0 Å². The van der Waals surface area contributed by atoms with Crippen LogP contribution < -0.4 is 5.32 Å². The van der Waals surface area contributed by atoms with Crippen molar-refractivity contribution in [3.05, 3.63) is 35.9 Å². The number of piperidine rings is 1. The molecule has 0 aliphatic carbocycles. The van der Waals surface area contributed by atoms with E-state index in [1.54, 1.807) is 0 Å². The van der Waals surface area contributed by atoms with Gasteiger partial charge < -0.3 is 15.1 Å². The SMILES string of the molecule is CN=C(NCCCCN1CCCCC1C)N1CCC(c2ccccc2)C1. The van der Waals surface area contributed by atoms with Gasteiger partial charge in [-0.3, -0.25) is 4.99 Å². The van der Waals surface area contributed by atoms with Gasteiger partial charge in [0.15, 0.2) is 5.96 Å². The first-order valence-electron chi connectivity index (χ1n) is 10.5. The summed E-state index contributed by atoms with van der Waals surface area (Å²) in [5.74, 6) is 1.71. The molecule has 2 saturated heterocycles. The number of hydrogen-bond acceptors (Lipinski definition) is 2. The molecule has 1 aromatic rings. The second-order valence-electron chi connectivity index (χ2n) is 7.90. The van der Waals surface area contributed by atoms with Crippen LogP contribution in [-0.4, -0.2) is 61.6 Å². The molecule has 2 unspecified atom stereocenters. The number of nitrogens with one attached hydrogen (secondary N) is 1. The maximum Gasteiger partial charge on any atom is 0.193 e. The fourth-order valence-corrected chi connectivity index (χ4v) is 4.41. The van der Waals surface area contributed by atoms with Gasteiger partial charge >= 0.3 is 0 Å². The maximum absolute atomic E-state index is 4.52. The fraction of sp³-hybridized carbons (Fsp3) is 0.682. The van der Waals surface area contributed by atoms with Gasteiger partial charge in [-0.05, 0) is 57.7 Å². The number of hydrogen-bond donors (Lipinski definition) is 1. The average Bonchev–Trinajstić information content (AvgIpc) is 3.17. The Labute approximate surface area is 159 Å². The van der Waals surface area contributed by atoms with Crippen LogP contribution in [0.3, 0.4) is 0 Å². The van der Waals surface area contributed by atoms with Crippen LogP contribution in [0.25, 0.3) is 0 Å². The molecule has 2 aliphatic heterocycles. The average molecular weight is 357 g/mol. The van der Waals surface area contributed by atoms with Gasteiger partial charge in [-0.1, -0.05) is 36.8 Å². The topological polar surface area (TPSA) is 30.9 Å². The Morgan fingerprint density at radius 1 is 1.12 bits per heavy atom. The molecule has 1 aromatic carbocycles. The summed E-state index contributed by atoms with van der Waals surface area (Å²) >= 11 is 0. The lowest BCUT2D eigenvalue weighted by Gasteiger charge is -2.33. The van der Waals surface area contributed by atoms with Gasteiger partial charge in [0.25, 0.3) is 0 Å². The van der Waals surface area contributed by atoms with Gasteiger partial charge in [0.1, 0.15) is 0 Å². The third-order valence-electron chi connectivity index (χ3n) is 6.07. The summed E-state index contributed by atoms with van der Waals surface area (Å²) < 4.78 is 0. The minimum Gasteiger partial charge on any atom is -0.356 e. The van der Waals surface area contributed by atoms with E-state index in [0.29, 0.717) is 5.92 Å². The number of benzene rings is 1. The molecule has 2 atom stereocenters. The minimum atomic E-state index is 0.635. The zero-order chi connectivity index (χ0) is 18.2. The first kappa shape index (κ1) is 19.2. The molecule has 144 valence electrons. The molecule has 4 nitrogen and oxygen atoms in total. The van der Waals surface area contributed by atoms with E-state index in [4.69, 9.17) is 0 Å². The van der Waals surface area contributed by atoms with Gasteiger partial charge in [0, 0.05) is 38.6 Å². The Morgan fingerprint density at radius 2 is 1.96 bits per heavy atom. The quantitative estimate of drug-likeness (QED) is 0.479. The number of aliphatic imine (C=N–C) groups is 1. The standard InChI is InChI=1S/C22H36N4/c1-19-10-6-8-15-25(19)16-9-7-14-24-22(23-2)26-17-13-21(18-26)20-11-4-3-5-12-20/h3-5,11-12,19,21H,6-10,13-18H2,1-2H3,(H,23,24). The third-order valence-corrected chi connectivity index (χ3v) is 6.07. The molecule has 4 heteroatoms. The zero-order valence-corrected chi connectivity index (χ0v) is 16.7. The lowest BCUT2D eigenvalue weighted by molar-refractivity contribution is 0.158. The van der Waals surface area contributed by atoms with Gasteiger partial charge in [-0.15, -0.1) is 0 Å². The summed E-state index contributed by atoms with van der Waals surface area (Å²) in [6, 6.07) is 11.7. The Bertz CT molecular complexity index is 557. The monoisotopic (exact) mass is 356 g/mol. The molecule has 26 heavy (non-hydrogen) atoms. The van der Waals surface area contributed by atoms with Crippen molar-refractivity contribution >= 4 is 5.96 Å². The van der Waals surface area contributed by atoms with E-state index in [1.165, 1.54) is 57.2 Å². The molecule has 0 spiro atoms. The van der Waals surface area contributed by atoms with E-state index in [1.807, 2.05) is 7.05 Å². The van der Waals surface area contributed by atoms with Crippen molar-refractivity contribution in [3.8, 4) is 0 Å². The van der Waals surface area contributed by atoms with E-state index in [9.17, 15) is 0 Å². The lowest BCUT2D eigenvalue weighted by atomic mass is 9.99. The first-order valence-corrected chi connectivity index (χ1v) is 10.5. The van der Waals surface area contributed by atoms with Crippen molar-refractivity contribution < 1.29 is 0 Å². The van der Waals surface area contributed by atoms with Gasteiger partial charge in [0.2, 0.25) is 0 Å². The molecule has 0 bridgehead atoms. The summed E-state index contributed by atoms with van der Waals surface area (Å²) in [6.07, 6.45) is 7.89. The molecule has 0 aromatic heterocycles. The van der Waals surface area contributed by atoms with E-state index in [0.717, 1.165) is 31.6 Å². The van der Waals surface area contributed by atoms with Crippen LogP contribution in [0.2, 0.25) is 0 Å². The minimum absolute atomic E-state index is 0.635. The van der Waals surface area contributed by atoms with Crippen molar-refractivity contribution in [2.24, 2.45) is 4.99 Å². The molecule has 0 amide bonds. The molecule has 1 N–H and O–H groups in total. The van der Waals surface area contributed by atoms with Crippen molar-refractivity contribution in [1.82, 2.24) is 15.1 Å². The second-order valence-corrected chi connectivity index (χ2v) is 7.90. The van der Waals surface area contributed by atoms with Crippen molar-refractivity contribution in [2.75, 3.05) is 39.8 Å². The largest absolute Gasteiger partial charge is 0.356 e. The molecular weight excluding hydrogens is 320 g/mol. The molecule has 0 saturated carbocycles. The molecule has 2 aliphatic rings.